The molecule has 0 radical (unpaired) electrons. The van der Waals surface area contributed by atoms with Crippen LogP contribution in [-0.2, 0) is 10.1 Å². The molecule has 0 unspecified atom stereocenters. The summed E-state index contributed by atoms with van der Waals surface area (Å²) in [4.78, 5) is 2.70. The van der Waals surface area contributed by atoms with E-state index in [2.05, 4.69) is 9.17 Å². The third-order valence-corrected chi connectivity index (χ3v) is 3.71. The summed E-state index contributed by atoms with van der Waals surface area (Å²) in [7, 11) is -4.96. The molecule has 0 bridgehead atoms. The minimum atomic E-state index is -4.96. The normalized spacial score (nSPS) is 11.1. The molecule has 0 aliphatic rings. The van der Waals surface area contributed by atoms with Gasteiger partial charge in [-0.2, -0.15) is 22.5 Å². The highest BCUT2D eigenvalue weighted by molar-refractivity contribution is 7.87. The Balaban J connectivity index is 2.56. The van der Waals surface area contributed by atoms with Crippen LogP contribution in [0.4, 0.5) is 22.0 Å². The second-order valence-corrected chi connectivity index (χ2v) is 5.47. The number of benzene rings is 1. The Bertz CT molecular complexity index is 911. The molecule has 120 valence electrons. The first-order valence-corrected chi connectivity index (χ1v) is 6.92. The number of halogens is 5. The van der Waals surface area contributed by atoms with Gasteiger partial charge < -0.3 is 4.18 Å². The van der Waals surface area contributed by atoms with Gasteiger partial charge in [-0.15, -0.1) is 0 Å². The SMILES string of the molecule is N#Cc1cc(S(=O)(=O)Oc2c(F)c(F)c(F)c(F)c2F)ccn1. The molecule has 11 heteroatoms. The maximum atomic E-state index is 13.4. The van der Waals surface area contributed by atoms with Gasteiger partial charge in [-0.1, -0.05) is 0 Å². The van der Waals surface area contributed by atoms with E-state index in [4.69, 9.17) is 5.26 Å². The van der Waals surface area contributed by atoms with Gasteiger partial charge >= 0.3 is 10.1 Å². The van der Waals surface area contributed by atoms with E-state index < -0.39 is 49.8 Å². The van der Waals surface area contributed by atoms with Crippen molar-refractivity contribution in [1.29, 1.82) is 5.26 Å². The summed E-state index contributed by atoms with van der Waals surface area (Å²) in [6.45, 7) is 0. The quantitative estimate of drug-likeness (QED) is 0.368. The highest BCUT2D eigenvalue weighted by Crippen LogP contribution is 2.31. The molecule has 1 heterocycles. The minimum absolute atomic E-state index is 0.368. The molecular weight excluding hydrogens is 347 g/mol. The molecule has 0 aliphatic heterocycles. The van der Waals surface area contributed by atoms with E-state index in [-0.39, 0.29) is 5.69 Å². The molecule has 5 nitrogen and oxygen atoms in total. The molecule has 0 atom stereocenters. The predicted molar refractivity (Wildman–Crippen MR) is 63.0 cm³/mol. The van der Waals surface area contributed by atoms with Crippen LogP contribution < -0.4 is 4.18 Å². The van der Waals surface area contributed by atoms with Gasteiger partial charge in [0, 0.05) is 6.20 Å². The molecule has 0 aliphatic carbocycles. The maximum absolute atomic E-state index is 13.4. The fraction of sp³-hybridized carbons (Fsp3) is 0. The van der Waals surface area contributed by atoms with Crippen LogP contribution in [0.25, 0.3) is 0 Å². The van der Waals surface area contributed by atoms with Gasteiger partial charge in [-0.05, 0) is 12.1 Å². The van der Waals surface area contributed by atoms with E-state index in [0.29, 0.717) is 6.07 Å². The molecular formula is C12H3F5N2O3S. The zero-order chi connectivity index (χ0) is 17.4. The smallest absolute Gasteiger partial charge is 0.339 e. The molecule has 0 fully saturated rings. The van der Waals surface area contributed by atoms with Crippen molar-refractivity contribution in [2.45, 2.75) is 4.90 Å². The van der Waals surface area contributed by atoms with Gasteiger partial charge in [0.15, 0.2) is 0 Å². The van der Waals surface area contributed by atoms with E-state index in [1.54, 1.807) is 0 Å². The Kier molecular flexibility index (Phi) is 4.20. The zero-order valence-electron chi connectivity index (χ0n) is 10.6. The monoisotopic (exact) mass is 350 g/mol. The molecule has 23 heavy (non-hydrogen) atoms. The summed E-state index contributed by atoms with van der Waals surface area (Å²) in [5.74, 6) is -14.0. The van der Waals surface area contributed by atoms with Crippen LogP contribution in [0.2, 0.25) is 0 Å². The van der Waals surface area contributed by atoms with Crippen LogP contribution in [0.1, 0.15) is 5.69 Å². The maximum Gasteiger partial charge on any atom is 0.339 e. The largest absolute Gasteiger partial charge is 0.372 e. The van der Waals surface area contributed by atoms with Crippen LogP contribution in [0.15, 0.2) is 23.2 Å². The van der Waals surface area contributed by atoms with Crippen molar-refractivity contribution >= 4 is 10.1 Å². The van der Waals surface area contributed by atoms with E-state index in [9.17, 15) is 30.4 Å². The fourth-order valence-corrected chi connectivity index (χ4v) is 2.39. The Hall–Kier alpha value is -2.74. The van der Waals surface area contributed by atoms with Crippen LogP contribution in [-0.4, -0.2) is 13.4 Å². The Morgan fingerprint density at radius 3 is 2.04 bits per heavy atom. The average Bonchev–Trinajstić information content (AvgIpc) is 2.55. The van der Waals surface area contributed by atoms with Crippen molar-refractivity contribution in [3.63, 3.8) is 0 Å². The highest BCUT2D eigenvalue weighted by Gasteiger charge is 2.31. The number of hydrogen-bond acceptors (Lipinski definition) is 5. The van der Waals surface area contributed by atoms with Gasteiger partial charge in [0.1, 0.15) is 16.7 Å². The lowest BCUT2D eigenvalue weighted by Crippen LogP contribution is -2.14. The number of nitriles is 1. The van der Waals surface area contributed by atoms with E-state index in [1.807, 2.05) is 0 Å². The first-order chi connectivity index (χ1) is 10.7. The topological polar surface area (TPSA) is 80.0 Å². The number of aromatic nitrogens is 1. The van der Waals surface area contributed by atoms with Gasteiger partial charge in [-0.25, -0.2) is 18.2 Å². The average molecular weight is 350 g/mol. The van der Waals surface area contributed by atoms with Crippen LogP contribution in [0, 0.1) is 40.4 Å². The molecule has 0 spiro atoms. The lowest BCUT2D eigenvalue weighted by Gasteiger charge is -2.10. The molecule has 2 rings (SSSR count). The molecule has 2 aromatic rings. The minimum Gasteiger partial charge on any atom is -0.372 e. The Morgan fingerprint density at radius 1 is 1.00 bits per heavy atom. The number of rotatable bonds is 3. The number of pyridine rings is 1. The van der Waals surface area contributed by atoms with E-state index in [1.165, 1.54) is 6.07 Å². The first kappa shape index (κ1) is 16.6. The van der Waals surface area contributed by atoms with Crippen molar-refractivity contribution in [2.24, 2.45) is 0 Å². The van der Waals surface area contributed by atoms with Crippen LogP contribution >= 0.6 is 0 Å². The van der Waals surface area contributed by atoms with Gasteiger partial charge in [0.25, 0.3) is 0 Å². The standard InChI is InChI=1S/C12H3F5N2O3S/c13-7-8(14)10(16)12(11(17)9(7)15)22-23(20,21)6-1-2-19-5(3-6)4-18/h1-3H. The summed E-state index contributed by atoms with van der Waals surface area (Å²) in [6, 6.07) is 3.01. The van der Waals surface area contributed by atoms with Crippen LogP contribution in [0.5, 0.6) is 5.75 Å². The van der Waals surface area contributed by atoms with Gasteiger partial charge in [-0.3, -0.25) is 0 Å². The molecule has 0 saturated carbocycles. The summed E-state index contributed by atoms with van der Waals surface area (Å²) in [5, 5.41) is 8.60. The summed E-state index contributed by atoms with van der Waals surface area (Å²) in [6.07, 6.45) is 0.882. The third-order valence-electron chi connectivity index (χ3n) is 2.50. The highest BCUT2D eigenvalue weighted by atomic mass is 32.2. The number of hydrogen-bond donors (Lipinski definition) is 0. The van der Waals surface area contributed by atoms with Crippen molar-refractivity contribution < 1.29 is 34.6 Å². The lowest BCUT2D eigenvalue weighted by atomic mass is 10.3. The molecule has 1 aromatic heterocycles. The molecule has 0 amide bonds. The summed E-state index contributed by atoms with van der Waals surface area (Å²) >= 11 is 0. The summed E-state index contributed by atoms with van der Waals surface area (Å²) < 4.78 is 93.4. The molecule has 0 N–H and O–H groups in total. The second-order valence-electron chi connectivity index (χ2n) is 3.93. The van der Waals surface area contributed by atoms with Crippen molar-refractivity contribution in [3.8, 4) is 11.8 Å². The zero-order valence-corrected chi connectivity index (χ0v) is 11.5. The Labute approximate surface area is 125 Å². The summed E-state index contributed by atoms with van der Waals surface area (Å²) in [5.41, 5.74) is -0.368. The Morgan fingerprint density at radius 2 is 1.52 bits per heavy atom. The fourth-order valence-electron chi connectivity index (χ4n) is 1.44. The van der Waals surface area contributed by atoms with Gasteiger partial charge in [0.2, 0.25) is 34.8 Å². The predicted octanol–water partition coefficient (Wildman–Crippen LogP) is 2.42. The van der Waals surface area contributed by atoms with Crippen molar-refractivity contribution in [3.05, 3.63) is 53.1 Å². The first-order valence-electron chi connectivity index (χ1n) is 5.51. The van der Waals surface area contributed by atoms with E-state index >= 15 is 0 Å². The third kappa shape index (κ3) is 2.93. The van der Waals surface area contributed by atoms with E-state index in [0.717, 1.165) is 12.3 Å². The lowest BCUT2D eigenvalue weighted by molar-refractivity contribution is 0.346. The molecule has 0 saturated heterocycles. The number of nitrogens with zero attached hydrogens (tertiary/aromatic N) is 2. The molecule has 1 aromatic carbocycles. The van der Waals surface area contributed by atoms with Crippen LogP contribution in [0.3, 0.4) is 0 Å². The van der Waals surface area contributed by atoms with Crippen molar-refractivity contribution in [2.75, 3.05) is 0 Å². The van der Waals surface area contributed by atoms with Gasteiger partial charge in [0.05, 0.1) is 0 Å². The van der Waals surface area contributed by atoms with Crippen molar-refractivity contribution in [1.82, 2.24) is 4.98 Å². The second kappa shape index (κ2) is 5.81.